The van der Waals surface area contributed by atoms with E-state index in [1.165, 1.54) is 19.2 Å². The zero-order chi connectivity index (χ0) is 13.6. The van der Waals surface area contributed by atoms with Gasteiger partial charge in [0.2, 0.25) is 5.78 Å². The number of phenols is 2. The summed E-state index contributed by atoms with van der Waals surface area (Å²) >= 11 is 0. The smallest absolute Gasteiger partial charge is 0.201 e. The van der Waals surface area contributed by atoms with Gasteiger partial charge in [-0.3, -0.25) is 4.79 Å². The van der Waals surface area contributed by atoms with Crippen molar-refractivity contribution in [3.8, 4) is 11.5 Å². The van der Waals surface area contributed by atoms with Crippen LogP contribution >= 0.6 is 0 Å². The van der Waals surface area contributed by atoms with Gasteiger partial charge in [-0.1, -0.05) is 24.3 Å². The van der Waals surface area contributed by atoms with Crippen molar-refractivity contribution >= 4 is 5.78 Å². The Labute approximate surface area is 109 Å². The van der Waals surface area contributed by atoms with Gasteiger partial charge in [-0.2, -0.15) is 0 Å². The first-order valence-corrected chi connectivity index (χ1v) is 5.86. The van der Waals surface area contributed by atoms with E-state index in [2.05, 4.69) is 0 Å². The summed E-state index contributed by atoms with van der Waals surface area (Å²) in [5.74, 6) is -0.577. The maximum atomic E-state index is 12.4. The number of fused-ring (bicyclic) bond motifs is 2. The number of ketones is 1. The number of phenolic OH excluding ortho intramolecular Hbond substituents is 2. The van der Waals surface area contributed by atoms with E-state index in [0.29, 0.717) is 11.1 Å². The van der Waals surface area contributed by atoms with Crippen LogP contribution in [-0.2, 0) is 4.74 Å². The van der Waals surface area contributed by atoms with Crippen LogP contribution in [0.2, 0.25) is 0 Å². The van der Waals surface area contributed by atoms with E-state index in [-0.39, 0.29) is 28.4 Å². The molecule has 0 bridgehead atoms. The normalized spacial score (nSPS) is 14.1. The van der Waals surface area contributed by atoms with Crippen molar-refractivity contribution in [3.63, 3.8) is 0 Å². The Morgan fingerprint density at radius 3 is 1.84 bits per heavy atom. The fraction of sp³-hybridized carbons (Fsp3) is 0.133. The minimum absolute atomic E-state index is 0.0987. The Morgan fingerprint density at radius 1 is 0.947 bits per heavy atom. The van der Waals surface area contributed by atoms with E-state index in [9.17, 15) is 15.0 Å². The molecule has 0 spiro atoms. The lowest BCUT2D eigenvalue weighted by Gasteiger charge is -2.27. The van der Waals surface area contributed by atoms with Gasteiger partial charge in [0.15, 0.2) is 0 Å². The second-order valence-corrected chi connectivity index (χ2v) is 4.43. The highest BCUT2D eigenvalue weighted by atomic mass is 16.5. The molecule has 0 unspecified atom stereocenters. The molecule has 2 N–H and O–H groups in total. The molecule has 96 valence electrons. The lowest BCUT2D eigenvalue weighted by Crippen LogP contribution is -2.20. The predicted molar refractivity (Wildman–Crippen MR) is 68.5 cm³/mol. The van der Waals surface area contributed by atoms with Crippen molar-refractivity contribution in [3.05, 3.63) is 58.7 Å². The lowest BCUT2D eigenvalue weighted by molar-refractivity contribution is 0.0978. The van der Waals surface area contributed by atoms with Gasteiger partial charge in [0.25, 0.3) is 0 Å². The van der Waals surface area contributed by atoms with Crippen LogP contribution in [-0.4, -0.2) is 23.1 Å². The van der Waals surface area contributed by atoms with Crippen LogP contribution in [0.25, 0.3) is 0 Å². The summed E-state index contributed by atoms with van der Waals surface area (Å²) in [5.41, 5.74) is 1.63. The maximum absolute atomic E-state index is 12.4. The van der Waals surface area contributed by atoms with Gasteiger partial charge in [0, 0.05) is 18.2 Å². The first-order chi connectivity index (χ1) is 9.15. The van der Waals surface area contributed by atoms with Crippen molar-refractivity contribution < 1.29 is 19.7 Å². The van der Waals surface area contributed by atoms with Gasteiger partial charge >= 0.3 is 0 Å². The van der Waals surface area contributed by atoms with Gasteiger partial charge in [0.05, 0.1) is 11.1 Å². The molecule has 2 aromatic rings. The molecule has 0 saturated heterocycles. The second-order valence-electron chi connectivity index (χ2n) is 4.43. The van der Waals surface area contributed by atoms with Crippen molar-refractivity contribution in [2.24, 2.45) is 0 Å². The van der Waals surface area contributed by atoms with Crippen LogP contribution in [0, 0.1) is 0 Å². The van der Waals surface area contributed by atoms with Gasteiger partial charge in [-0.05, 0) is 12.1 Å². The number of benzene rings is 2. The van der Waals surface area contributed by atoms with Gasteiger partial charge in [-0.15, -0.1) is 0 Å². The summed E-state index contributed by atoms with van der Waals surface area (Å²) < 4.78 is 5.43. The highest BCUT2D eigenvalue weighted by Crippen LogP contribution is 2.42. The number of rotatable bonds is 1. The number of methoxy groups -OCH3 is 1. The molecule has 0 fully saturated rings. The van der Waals surface area contributed by atoms with Crippen molar-refractivity contribution in [2.75, 3.05) is 7.11 Å². The molecule has 0 radical (unpaired) electrons. The quantitative estimate of drug-likeness (QED) is 0.822. The van der Waals surface area contributed by atoms with E-state index >= 15 is 0 Å². The van der Waals surface area contributed by atoms with Crippen molar-refractivity contribution in [1.82, 2.24) is 0 Å². The van der Waals surface area contributed by atoms with Crippen molar-refractivity contribution in [1.29, 1.82) is 0 Å². The van der Waals surface area contributed by atoms with Crippen LogP contribution in [0.1, 0.15) is 33.2 Å². The Kier molecular flexibility index (Phi) is 2.54. The topological polar surface area (TPSA) is 66.8 Å². The summed E-state index contributed by atoms with van der Waals surface area (Å²) in [6, 6.07) is 9.73. The van der Waals surface area contributed by atoms with E-state index in [1.807, 2.05) is 0 Å². The molecule has 4 heteroatoms. The van der Waals surface area contributed by atoms with Gasteiger partial charge < -0.3 is 14.9 Å². The average Bonchev–Trinajstić information content (AvgIpc) is 2.39. The van der Waals surface area contributed by atoms with Crippen LogP contribution in [0.3, 0.4) is 0 Å². The average molecular weight is 256 g/mol. The summed E-state index contributed by atoms with van der Waals surface area (Å²) in [6.07, 6.45) is -0.470. The summed E-state index contributed by atoms with van der Waals surface area (Å²) in [7, 11) is 1.53. The third-order valence-corrected chi connectivity index (χ3v) is 3.40. The van der Waals surface area contributed by atoms with E-state index < -0.39 is 6.10 Å². The molecule has 19 heavy (non-hydrogen) atoms. The number of hydrogen-bond donors (Lipinski definition) is 2. The molecule has 0 heterocycles. The van der Waals surface area contributed by atoms with Crippen LogP contribution in [0.5, 0.6) is 11.5 Å². The largest absolute Gasteiger partial charge is 0.507 e. The summed E-state index contributed by atoms with van der Waals surface area (Å²) in [5, 5.41) is 19.8. The highest BCUT2D eigenvalue weighted by molar-refractivity contribution is 6.15. The first kappa shape index (κ1) is 11.7. The van der Waals surface area contributed by atoms with Gasteiger partial charge in [0.1, 0.15) is 17.6 Å². The van der Waals surface area contributed by atoms with Crippen LogP contribution in [0.4, 0.5) is 0 Å². The molecule has 2 aromatic carbocycles. The minimum atomic E-state index is -0.470. The summed E-state index contributed by atoms with van der Waals surface area (Å²) in [4.78, 5) is 12.4. The van der Waals surface area contributed by atoms with Crippen LogP contribution in [0.15, 0.2) is 36.4 Å². The van der Waals surface area contributed by atoms with Gasteiger partial charge in [-0.25, -0.2) is 0 Å². The van der Waals surface area contributed by atoms with E-state index in [1.54, 1.807) is 24.3 Å². The molecule has 1 aliphatic rings. The fourth-order valence-electron chi connectivity index (χ4n) is 2.59. The molecular formula is C15H12O4. The first-order valence-electron chi connectivity index (χ1n) is 5.86. The monoisotopic (exact) mass is 256 g/mol. The number of carbonyl (C=O) groups excluding carboxylic acids is 1. The molecule has 0 amide bonds. The Balaban J connectivity index is 2.36. The van der Waals surface area contributed by atoms with Crippen LogP contribution < -0.4 is 0 Å². The maximum Gasteiger partial charge on any atom is 0.201 e. The number of aromatic hydroxyl groups is 2. The Bertz CT molecular complexity index is 620. The van der Waals surface area contributed by atoms with Crippen molar-refractivity contribution in [2.45, 2.75) is 6.10 Å². The molecule has 0 atom stereocenters. The zero-order valence-corrected chi connectivity index (χ0v) is 10.3. The molecule has 0 aliphatic heterocycles. The summed E-state index contributed by atoms with van der Waals surface area (Å²) in [6.45, 7) is 0. The zero-order valence-electron chi connectivity index (χ0n) is 10.3. The third-order valence-electron chi connectivity index (χ3n) is 3.40. The molecule has 4 nitrogen and oxygen atoms in total. The molecule has 0 saturated carbocycles. The molecule has 0 aromatic heterocycles. The standard InChI is InChI=1S/C15H12O4/c1-19-15-8-4-2-6-10(16)12(8)14(18)13-9(15)5-3-7-11(13)17/h2-7,15-17H,1H3. The van der Waals surface area contributed by atoms with E-state index in [4.69, 9.17) is 4.74 Å². The predicted octanol–water partition coefficient (Wildman–Crippen LogP) is 2.38. The molecule has 3 rings (SSSR count). The number of ether oxygens (including phenoxy) is 1. The molecule has 1 aliphatic carbocycles. The lowest BCUT2D eigenvalue weighted by atomic mass is 9.82. The Morgan fingerprint density at radius 2 is 1.42 bits per heavy atom. The SMILES string of the molecule is COC1c2cccc(O)c2C(=O)c2c(O)cccc21. The number of hydrogen-bond acceptors (Lipinski definition) is 4. The molecular weight excluding hydrogens is 244 g/mol. The second kappa shape index (κ2) is 4.10. The Hall–Kier alpha value is -2.33. The minimum Gasteiger partial charge on any atom is -0.507 e. The fourth-order valence-corrected chi connectivity index (χ4v) is 2.59. The third kappa shape index (κ3) is 1.54. The number of carbonyl (C=O) groups is 1. The highest BCUT2D eigenvalue weighted by Gasteiger charge is 2.34. The van der Waals surface area contributed by atoms with E-state index in [0.717, 1.165) is 0 Å².